The van der Waals surface area contributed by atoms with Crippen molar-refractivity contribution in [3.8, 4) is 0 Å². The molecule has 0 radical (unpaired) electrons. The summed E-state index contributed by atoms with van der Waals surface area (Å²) in [7, 11) is 1.81. The molecule has 160 valence electrons. The van der Waals surface area contributed by atoms with Gasteiger partial charge in [-0.05, 0) is 27.7 Å². The summed E-state index contributed by atoms with van der Waals surface area (Å²) in [6, 6.07) is 0.182. The van der Waals surface area contributed by atoms with Crippen LogP contribution >= 0.6 is 24.0 Å². The summed E-state index contributed by atoms with van der Waals surface area (Å²) in [5.74, 6) is 2.16. The summed E-state index contributed by atoms with van der Waals surface area (Å²) in [5, 5.41) is 10.5. The Hall–Kier alpha value is -1.36. The van der Waals surface area contributed by atoms with Crippen LogP contribution in [0.3, 0.4) is 0 Å². The van der Waals surface area contributed by atoms with Gasteiger partial charge in [-0.1, -0.05) is 12.1 Å². The lowest BCUT2D eigenvalue weighted by Gasteiger charge is -2.36. The Balaban J connectivity index is 0.00000392. The number of aryl methyl sites for hydroxylation is 2. The maximum Gasteiger partial charge on any atom is 0.234 e. The average Bonchev–Trinajstić information content (AvgIpc) is 2.94. The number of aromatic nitrogens is 1. The van der Waals surface area contributed by atoms with Crippen LogP contribution in [0.2, 0.25) is 0 Å². The predicted molar refractivity (Wildman–Crippen MR) is 122 cm³/mol. The van der Waals surface area contributed by atoms with Gasteiger partial charge < -0.3 is 20.1 Å². The molecule has 0 aliphatic carbocycles. The number of amides is 1. The van der Waals surface area contributed by atoms with Gasteiger partial charge in [-0.3, -0.25) is 14.7 Å². The van der Waals surface area contributed by atoms with E-state index >= 15 is 0 Å². The molecule has 1 aliphatic heterocycles. The first-order valence-corrected chi connectivity index (χ1v) is 9.71. The van der Waals surface area contributed by atoms with Gasteiger partial charge in [-0.15, -0.1) is 24.0 Å². The molecule has 0 saturated carbocycles. The van der Waals surface area contributed by atoms with Crippen LogP contribution in [-0.2, 0) is 4.79 Å². The zero-order valence-electron chi connectivity index (χ0n) is 17.9. The van der Waals surface area contributed by atoms with Crippen LogP contribution in [0, 0.1) is 13.8 Å². The van der Waals surface area contributed by atoms with Gasteiger partial charge in [0.1, 0.15) is 5.76 Å². The maximum absolute atomic E-state index is 11.9. The largest absolute Gasteiger partial charge is 0.361 e. The molecule has 1 saturated heterocycles. The molecular weight excluding hydrogens is 471 g/mol. The van der Waals surface area contributed by atoms with Crippen molar-refractivity contribution < 1.29 is 9.32 Å². The van der Waals surface area contributed by atoms with Gasteiger partial charge in [0.05, 0.1) is 12.2 Å². The third-order valence-corrected chi connectivity index (χ3v) is 4.85. The van der Waals surface area contributed by atoms with Gasteiger partial charge in [0.25, 0.3) is 0 Å². The van der Waals surface area contributed by atoms with Gasteiger partial charge in [-0.25, -0.2) is 0 Å². The molecule has 1 fully saturated rings. The lowest BCUT2D eigenvalue weighted by atomic mass is 10.00. The first kappa shape index (κ1) is 24.7. The molecular formula is C19H35IN6O2. The van der Waals surface area contributed by atoms with Crippen molar-refractivity contribution in [3.63, 3.8) is 0 Å². The fourth-order valence-corrected chi connectivity index (χ4v) is 3.56. The molecule has 2 heterocycles. The molecule has 1 amide bonds. The Morgan fingerprint density at radius 1 is 1.21 bits per heavy atom. The van der Waals surface area contributed by atoms with E-state index in [2.05, 4.69) is 37.5 Å². The highest BCUT2D eigenvalue weighted by molar-refractivity contribution is 14.0. The van der Waals surface area contributed by atoms with Crippen LogP contribution in [0.15, 0.2) is 9.52 Å². The van der Waals surface area contributed by atoms with Crippen LogP contribution in [0.4, 0.5) is 0 Å². The van der Waals surface area contributed by atoms with Gasteiger partial charge >= 0.3 is 0 Å². The van der Waals surface area contributed by atoms with Crippen LogP contribution in [0.5, 0.6) is 0 Å². The summed E-state index contributed by atoms with van der Waals surface area (Å²) in [6.07, 6.45) is 0. The summed E-state index contributed by atoms with van der Waals surface area (Å²) in [6.45, 7) is 14.7. The van der Waals surface area contributed by atoms with Crippen molar-refractivity contribution in [2.45, 2.75) is 46.6 Å². The molecule has 9 heteroatoms. The van der Waals surface area contributed by atoms with Crippen molar-refractivity contribution in [2.24, 2.45) is 4.99 Å². The Labute approximate surface area is 185 Å². The van der Waals surface area contributed by atoms with Crippen molar-refractivity contribution in [3.05, 3.63) is 17.0 Å². The normalized spacial score (nSPS) is 16.7. The number of aliphatic imine (C=N–C) groups is 1. The zero-order valence-corrected chi connectivity index (χ0v) is 20.2. The Morgan fingerprint density at radius 2 is 1.86 bits per heavy atom. The number of carbonyl (C=O) groups excluding carboxylic acids is 1. The molecule has 1 unspecified atom stereocenters. The minimum Gasteiger partial charge on any atom is -0.361 e. The highest BCUT2D eigenvalue weighted by atomic mass is 127. The molecule has 1 aromatic rings. The van der Waals surface area contributed by atoms with Crippen LogP contribution < -0.4 is 10.6 Å². The average molecular weight is 506 g/mol. The van der Waals surface area contributed by atoms with Crippen LogP contribution in [0.1, 0.15) is 43.7 Å². The number of piperazine rings is 1. The van der Waals surface area contributed by atoms with Gasteiger partial charge in [0.15, 0.2) is 5.96 Å². The molecule has 1 aliphatic rings. The Kier molecular flexibility index (Phi) is 10.2. The minimum atomic E-state index is 0. The fraction of sp³-hybridized carbons (Fsp3) is 0.737. The first-order valence-electron chi connectivity index (χ1n) is 9.71. The van der Waals surface area contributed by atoms with Crippen molar-refractivity contribution in [1.29, 1.82) is 0 Å². The van der Waals surface area contributed by atoms with E-state index in [1.165, 1.54) is 5.56 Å². The van der Waals surface area contributed by atoms with Crippen molar-refractivity contribution in [1.82, 2.24) is 25.6 Å². The third kappa shape index (κ3) is 6.91. The summed E-state index contributed by atoms with van der Waals surface area (Å²) < 4.78 is 5.28. The lowest BCUT2D eigenvalue weighted by molar-refractivity contribution is -0.123. The van der Waals surface area contributed by atoms with Crippen molar-refractivity contribution >= 4 is 35.8 Å². The van der Waals surface area contributed by atoms with E-state index in [1.54, 1.807) is 0 Å². The second kappa shape index (κ2) is 11.6. The molecule has 2 N–H and O–H groups in total. The number of nitrogens with zero attached hydrogens (tertiary/aromatic N) is 4. The molecule has 8 nitrogen and oxygen atoms in total. The van der Waals surface area contributed by atoms with Crippen molar-refractivity contribution in [2.75, 3.05) is 46.3 Å². The number of guanidine groups is 1. The number of rotatable bonds is 6. The zero-order chi connectivity index (χ0) is 20.0. The highest BCUT2D eigenvalue weighted by Gasteiger charge is 2.22. The molecule has 0 aromatic carbocycles. The van der Waals surface area contributed by atoms with Crippen LogP contribution in [-0.4, -0.2) is 79.2 Å². The molecule has 1 aromatic heterocycles. The lowest BCUT2D eigenvalue weighted by Crippen LogP contribution is -2.54. The molecule has 1 atom stereocenters. The number of hydrogen-bond acceptors (Lipinski definition) is 5. The number of hydrogen-bond donors (Lipinski definition) is 2. The van der Waals surface area contributed by atoms with E-state index in [9.17, 15) is 4.79 Å². The Bertz CT molecular complexity index is 633. The topological polar surface area (TPSA) is 86.0 Å². The number of nitrogens with one attached hydrogen (secondary N) is 2. The van der Waals surface area contributed by atoms with Gasteiger partial charge in [0.2, 0.25) is 5.91 Å². The minimum absolute atomic E-state index is 0. The molecule has 2 rings (SSSR count). The van der Waals surface area contributed by atoms with E-state index in [1.807, 2.05) is 34.7 Å². The highest BCUT2D eigenvalue weighted by Crippen LogP contribution is 2.22. The third-order valence-electron chi connectivity index (χ3n) is 4.85. The maximum atomic E-state index is 11.9. The predicted octanol–water partition coefficient (Wildman–Crippen LogP) is 1.73. The van der Waals surface area contributed by atoms with Crippen LogP contribution in [0.25, 0.3) is 0 Å². The molecule has 28 heavy (non-hydrogen) atoms. The second-order valence-corrected chi connectivity index (χ2v) is 7.55. The second-order valence-electron chi connectivity index (χ2n) is 7.55. The SMILES string of the molecule is CN=C(NCC(C)c1c(C)noc1C)N1CCN(CC(=O)NC(C)C)CC1.I. The summed E-state index contributed by atoms with van der Waals surface area (Å²) in [4.78, 5) is 20.8. The number of carbonyl (C=O) groups is 1. The van der Waals surface area contributed by atoms with E-state index in [-0.39, 0.29) is 41.8 Å². The quantitative estimate of drug-likeness (QED) is 0.348. The summed E-state index contributed by atoms with van der Waals surface area (Å²) in [5.41, 5.74) is 2.11. The molecule has 0 spiro atoms. The standard InChI is InChI=1S/C19H34N6O2.HI/c1-13(2)22-17(26)12-24-7-9-25(10-8-24)19(20-6)21-11-14(3)18-15(4)23-27-16(18)5;/h13-14H,7-12H2,1-6H3,(H,20,21)(H,22,26);1H. The van der Waals surface area contributed by atoms with E-state index in [4.69, 9.17) is 4.52 Å². The smallest absolute Gasteiger partial charge is 0.234 e. The van der Waals surface area contributed by atoms with E-state index in [0.717, 1.165) is 50.1 Å². The fourth-order valence-electron chi connectivity index (χ4n) is 3.56. The monoisotopic (exact) mass is 506 g/mol. The Morgan fingerprint density at radius 3 is 2.36 bits per heavy atom. The van der Waals surface area contributed by atoms with Gasteiger partial charge in [-0.2, -0.15) is 0 Å². The van der Waals surface area contributed by atoms with Gasteiger partial charge in [0, 0.05) is 57.3 Å². The van der Waals surface area contributed by atoms with E-state index in [0.29, 0.717) is 6.54 Å². The number of halogens is 1. The van der Waals surface area contributed by atoms with E-state index < -0.39 is 0 Å². The molecule has 0 bridgehead atoms. The first-order chi connectivity index (χ1) is 12.8. The summed E-state index contributed by atoms with van der Waals surface area (Å²) >= 11 is 0.